The van der Waals surface area contributed by atoms with Crippen LogP contribution < -0.4 is 14.4 Å². The van der Waals surface area contributed by atoms with Crippen molar-refractivity contribution in [2.24, 2.45) is 0 Å². The second-order valence-electron chi connectivity index (χ2n) is 22.0. The number of para-hydroxylation sites is 2. The van der Waals surface area contributed by atoms with Gasteiger partial charge in [0.15, 0.2) is 0 Å². The Morgan fingerprint density at radius 1 is 0.324 bits per heavy atom. The Bertz CT molecular complexity index is 3770. The molecule has 10 aromatic rings. The van der Waals surface area contributed by atoms with Gasteiger partial charge in [-0.25, -0.2) is 0 Å². The highest BCUT2D eigenvalue weighted by molar-refractivity contribution is 6.01. The van der Waals surface area contributed by atoms with E-state index in [1.807, 2.05) is 0 Å². The number of ether oxygens (including phenoxy) is 2. The van der Waals surface area contributed by atoms with Crippen LogP contribution in [0.15, 0.2) is 212 Å². The van der Waals surface area contributed by atoms with Gasteiger partial charge in [-0.3, -0.25) is 0 Å². The average Bonchev–Trinajstić information content (AvgIpc) is 3.83. The zero-order chi connectivity index (χ0) is 48.0. The van der Waals surface area contributed by atoms with Crippen molar-refractivity contribution in [1.29, 1.82) is 0 Å². The highest BCUT2D eigenvalue weighted by atomic mass is 16.5. The van der Waals surface area contributed by atoms with Crippen LogP contribution in [0.2, 0.25) is 0 Å². The van der Waals surface area contributed by atoms with E-state index < -0.39 is 10.8 Å². The Balaban J connectivity index is 1.08. The number of fused-ring (bicyclic) bond motifs is 19. The normalized spacial score (nSPS) is 14.8. The SMILES string of the molecule is CC(C)(C)c1ccc2c(c1)C1(c3cc(C(C)(C)C)ccc3O2)c2ccccc2-c2ccc(N(c3ccc4c(c3)C3(c5ccccc5Oc5ccccc53)c3ccccc3-4)c3cccc4ccccc34)cc21. The summed E-state index contributed by atoms with van der Waals surface area (Å²) in [6.07, 6.45) is 0. The topological polar surface area (TPSA) is 21.7 Å². The molecule has 0 amide bonds. The molecule has 3 heteroatoms. The molecule has 2 spiro atoms. The van der Waals surface area contributed by atoms with Crippen molar-refractivity contribution in [2.75, 3.05) is 4.90 Å². The van der Waals surface area contributed by atoms with Gasteiger partial charge in [0.25, 0.3) is 0 Å². The third-order valence-electron chi connectivity index (χ3n) is 16.1. The van der Waals surface area contributed by atoms with Crippen LogP contribution in [0.3, 0.4) is 0 Å². The van der Waals surface area contributed by atoms with E-state index in [9.17, 15) is 0 Å². The van der Waals surface area contributed by atoms with Crippen LogP contribution in [0.1, 0.15) is 97.2 Å². The second kappa shape index (κ2) is 14.7. The lowest BCUT2D eigenvalue weighted by atomic mass is 9.64. The summed E-state index contributed by atoms with van der Waals surface area (Å²) in [6.45, 7) is 13.9. The monoisotopic (exact) mass is 915 g/mol. The molecule has 2 aliphatic carbocycles. The zero-order valence-corrected chi connectivity index (χ0v) is 41.0. The molecular weight excluding hydrogens is 863 g/mol. The van der Waals surface area contributed by atoms with Crippen LogP contribution in [0.25, 0.3) is 33.0 Å². The van der Waals surface area contributed by atoms with Crippen molar-refractivity contribution >= 4 is 27.8 Å². The summed E-state index contributed by atoms with van der Waals surface area (Å²) in [5.41, 5.74) is 19.0. The molecule has 14 rings (SSSR count). The number of benzene rings is 10. The van der Waals surface area contributed by atoms with Crippen LogP contribution in [-0.2, 0) is 21.7 Å². The maximum Gasteiger partial charge on any atom is 0.132 e. The fraction of sp³-hybridized carbons (Fsp3) is 0.147. The highest BCUT2D eigenvalue weighted by Crippen LogP contribution is 2.65. The zero-order valence-electron chi connectivity index (χ0n) is 41.0. The molecule has 4 aliphatic rings. The van der Waals surface area contributed by atoms with E-state index in [0.29, 0.717) is 0 Å². The van der Waals surface area contributed by atoms with Crippen molar-refractivity contribution in [3.8, 4) is 45.3 Å². The molecular formula is C68H53NO2. The molecule has 0 saturated heterocycles. The van der Waals surface area contributed by atoms with E-state index in [2.05, 4.69) is 259 Å². The van der Waals surface area contributed by atoms with Gasteiger partial charge in [-0.05, 0) is 139 Å². The second-order valence-corrected chi connectivity index (χ2v) is 22.0. The fourth-order valence-corrected chi connectivity index (χ4v) is 12.8. The molecule has 3 nitrogen and oxygen atoms in total. The van der Waals surface area contributed by atoms with Gasteiger partial charge < -0.3 is 14.4 Å². The Labute approximate surface area is 416 Å². The van der Waals surface area contributed by atoms with Gasteiger partial charge in [-0.1, -0.05) is 187 Å². The molecule has 2 aliphatic heterocycles. The van der Waals surface area contributed by atoms with Gasteiger partial charge in [-0.2, -0.15) is 0 Å². The van der Waals surface area contributed by atoms with E-state index in [4.69, 9.17) is 9.47 Å². The van der Waals surface area contributed by atoms with E-state index in [1.54, 1.807) is 0 Å². The van der Waals surface area contributed by atoms with Gasteiger partial charge in [0.2, 0.25) is 0 Å². The van der Waals surface area contributed by atoms with Crippen molar-refractivity contribution in [3.05, 3.63) is 268 Å². The number of hydrogen-bond acceptors (Lipinski definition) is 3. The lowest BCUT2D eigenvalue weighted by Crippen LogP contribution is -2.33. The van der Waals surface area contributed by atoms with Crippen LogP contribution in [-0.4, -0.2) is 0 Å². The minimum atomic E-state index is -0.684. The first-order valence-electron chi connectivity index (χ1n) is 25.1. The summed E-state index contributed by atoms with van der Waals surface area (Å²) in [6, 6.07) is 79.2. The summed E-state index contributed by atoms with van der Waals surface area (Å²) in [5.74, 6) is 3.56. The maximum absolute atomic E-state index is 7.05. The lowest BCUT2D eigenvalue weighted by molar-refractivity contribution is 0.433. The van der Waals surface area contributed by atoms with E-state index in [0.717, 1.165) is 51.2 Å². The van der Waals surface area contributed by atoms with Crippen molar-refractivity contribution in [3.63, 3.8) is 0 Å². The molecule has 342 valence electrons. The predicted octanol–water partition coefficient (Wildman–Crippen LogP) is 17.8. The first-order valence-corrected chi connectivity index (χ1v) is 25.1. The maximum atomic E-state index is 7.05. The van der Waals surface area contributed by atoms with Gasteiger partial charge in [0, 0.05) is 39.0 Å². The molecule has 0 atom stereocenters. The Morgan fingerprint density at radius 2 is 0.732 bits per heavy atom. The molecule has 2 heterocycles. The minimum Gasteiger partial charge on any atom is -0.457 e. The van der Waals surface area contributed by atoms with Gasteiger partial charge >= 0.3 is 0 Å². The van der Waals surface area contributed by atoms with Gasteiger partial charge in [0.05, 0.1) is 16.5 Å². The van der Waals surface area contributed by atoms with Crippen LogP contribution in [0, 0.1) is 0 Å². The van der Waals surface area contributed by atoms with Crippen LogP contribution in [0.4, 0.5) is 17.1 Å². The molecule has 0 N–H and O–H groups in total. The summed E-state index contributed by atoms with van der Waals surface area (Å²) >= 11 is 0. The molecule has 0 unspecified atom stereocenters. The first kappa shape index (κ1) is 41.8. The largest absolute Gasteiger partial charge is 0.457 e. The smallest absolute Gasteiger partial charge is 0.132 e. The van der Waals surface area contributed by atoms with Gasteiger partial charge in [0.1, 0.15) is 23.0 Å². The molecule has 0 aromatic heterocycles. The highest BCUT2D eigenvalue weighted by Gasteiger charge is 2.53. The van der Waals surface area contributed by atoms with E-state index in [1.165, 1.54) is 77.5 Å². The molecule has 0 bridgehead atoms. The van der Waals surface area contributed by atoms with E-state index in [-0.39, 0.29) is 10.8 Å². The van der Waals surface area contributed by atoms with Crippen LogP contribution >= 0.6 is 0 Å². The summed E-state index contributed by atoms with van der Waals surface area (Å²) in [5, 5.41) is 2.37. The molecule has 71 heavy (non-hydrogen) atoms. The Kier molecular flexibility index (Phi) is 8.65. The third kappa shape index (κ3) is 5.72. The molecule has 0 saturated carbocycles. The summed E-state index contributed by atoms with van der Waals surface area (Å²) in [7, 11) is 0. The Morgan fingerprint density at radius 3 is 1.25 bits per heavy atom. The Hall–Kier alpha value is -8.14. The van der Waals surface area contributed by atoms with Crippen molar-refractivity contribution < 1.29 is 9.47 Å². The standard InChI is InChI=1S/C68H53NO2/c1-65(2,3)43-30-36-63-58(38-43)68(59-39-44(66(4,5)6)31-37-64(59)71-63)53-24-12-10-22-49(53)51-35-33-46(41-57(51)68)69(60-27-17-19-42-18-7-8-20-47(42)60)45-32-34-50-48-21-9-11-23-52(48)67(56(50)40-45)54-25-13-15-28-61(54)70-62-29-16-14-26-55(62)67/h7-41H,1-6H3. The minimum absolute atomic E-state index is 0.0895. The lowest BCUT2D eigenvalue weighted by Gasteiger charge is -2.41. The third-order valence-corrected chi connectivity index (χ3v) is 16.1. The first-order chi connectivity index (χ1) is 34.5. The fourth-order valence-electron chi connectivity index (χ4n) is 12.8. The summed E-state index contributed by atoms with van der Waals surface area (Å²) in [4.78, 5) is 2.52. The molecule has 0 radical (unpaired) electrons. The predicted molar refractivity (Wildman–Crippen MR) is 291 cm³/mol. The van der Waals surface area contributed by atoms with Gasteiger partial charge in [-0.15, -0.1) is 0 Å². The molecule has 10 aromatic carbocycles. The van der Waals surface area contributed by atoms with E-state index >= 15 is 0 Å². The number of anilines is 3. The number of hydrogen-bond donors (Lipinski definition) is 0. The van der Waals surface area contributed by atoms with Crippen LogP contribution in [0.5, 0.6) is 23.0 Å². The summed E-state index contributed by atoms with van der Waals surface area (Å²) < 4.78 is 13.8. The number of nitrogens with zero attached hydrogens (tertiary/aromatic N) is 1. The molecule has 0 fully saturated rings. The van der Waals surface area contributed by atoms with Crippen molar-refractivity contribution in [2.45, 2.75) is 63.2 Å². The van der Waals surface area contributed by atoms with Crippen molar-refractivity contribution in [1.82, 2.24) is 0 Å². The number of rotatable bonds is 3. The quantitative estimate of drug-likeness (QED) is 0.176. The average molecular weight is 916 g/mol.